The number of benzene rings is 3. The third-order valence-electron chi connectivity index (χ3n) is 16.9. The zero-order chi connectivity index (χ0) is 78.2. The number of fused-ring (bicyclic) bond motifs is 3. The number of halogens is 7. The summed E-state index contributed by atoms with van der Waals surface area (Å²) in [5.74, 6) is -2.07. The van der Waals surface area contributed by atoms with Gasteiger partial charge in [-0.25, -0.2) is 69.2 Å². The van der Waals surface area contributed by atoms with E-state index in [1.54, 1.807) is 89.9 Å². The second-order valence-corrected chi connectivity index (χ2v) is 25.0. The van der Waals surface area contributed by atoms with Crippen LogP contribution in [-0.4, -0.2) is 126 Å². The van der Waals surface area contributed by atoms with Gasteiger partial charge in [0.2, 0.25) is 0 Å². The van der Waals surface area contributed by atoms with Gasteiger partial charge in [0.05, 0.1) is 73.4 Å². The molecule has 0 aliphatic heterocycles. The lowest BCUT2D eigenvalue weighted by atomic mass is 10.0. The molecule has 0 saturated carbocycles. The number of carboxylic acid groups (broad SMARTS) is 1. The Balaban J connectivity index is 0.000000146. The lowest BCUT2D eigenvalue weighted by Gasteiger charge is -2.09. The Morgan fingerprint density at radius 1 is 0.468 bits per heavy atom. The highest BCUT2D eigenvalue weighted by Crippen LogP contribution is 2.38. The molecule has 0 amide bonds. The van der Waals surface area contributed by atoms with E-state index in [-0.39, 0.29) is 29.8 Å². The standard InChI is InChI=1S/C27H22F2N6O2.C26H20F2N6O2.C19H16N6O2.C8H7BrF2/c1-17-5-3-8-22(32-17)26-21(15-34(33-26)14-18-6-4-7-19(13-18)27(28)29)20-9-11-24-30-16-31-35(24)23(20)10-12-25(36)37-2;1-16-4-2-7-21(31-16)25-20(14-33(32-25)13-17-5-3-6-18(12-17)26(27)28)19-8-10-23-29-15-30-34(23)22(19)9-11-24(35)36;1-12-4-3-5-15(23-12)19-14(10-21-24-19)13-6-8-17-20-11-22-25(17)16(13)7-9-18(26)27-2;9-5-6-2-1-3-7(4-6)8(10)11/h3-13,15-16,27H,14H2,1-2H3;2-12,14-15,26H,13H2,1H3,(H,35,36);3-11H,1-2H3,(H,21,24);1-4,8H,5H2/b12-10+;11-9+;9-7+;. The third-order valence-corrected chi connectivity index (χ3v) is 17.5. The summed E-state index contributed by atoms with van der Waals surface area (Å²) in [6, 6.07) is 46.9. The third kappa shape index (κ3) is 18.6. The summed E-state index contributed by atoms with van der Waals surface area (Å²) in [5, 5.41) is 39.5. The molecular weight excluding hydrogens is 1500 g/mol. The molecule has 3 aromatic carbocycles. The number of H-pyrrole nitrogens is 1. The minimum absolute atomic E-state index is 0.0441. The van der Waals surface area contributed by atoms with Gasteiger partial charge >= 0.3 is 17.9 Å². The van der Waals surface area contributed by atoms with E-state index in [2.05, 4.69) is 71.3 Å². The molecule has 0 saturated heterocycles. The molecule has 0 fully saturated rings. The molecule has 0 aliphatic carbocycles. The number of hydrogen-bond donors (Lipinski definition) is 2. The average molecular weight is 1570 g/mol. The number of ether oxygens (including phenoxy) is 2. The van der Waals surface area contributed by atoms with Gasteiger partial charge in [-0.05, 0) is 147 Å². The molecular formula is C80H65BrF6N18O6. The summed E-state index contributed by atoms with van der Waals surface area (Å²) in [4.78, 5) is 61.3. The van der Waals surface area contributed by atoms with Crippen molar-refractivity contribution in [3.63, 3.8) is 0 Å². The van der Waals surface area contributed by atoms with Crippen LogP contribution in [0.1, 0.15) is 86.8 Å². The zero-order valence-corrected chi connectivity index (χ0v) is 61.2. The van der Waals surface area contributed by atoms with E-state index in [9.17, 15) is 45.8 Å². The van der Waals surface area contributed by atoms with Gasteiger partial charge in [-0.3, -0.25) is 29.4 Å². The first kappa shape index (κ1) is 76.9. The molecule has 0 bridgehead atoms. The SMILES string of the molecule is COC(=O)/C=C/c1c(-c2cn(Cc3cccc(C(F)F)c3)nc2-c2cccc(C)n2)ccc2ncnn12.COC(=O)/C=C/c1c(-c2cn[nH]c2-c2cccc(C)n2)ccc2ncnn12.Cc1cccc(-c2nn(Cc3cccc(C(F)F)c3)cc2-c2ccc3ncnn3c2/C=C/C(=O)O)n1.FC(F)c1cccc(CBr)c1. The molecule has 0 unspecified atom stereocenters. The monoisotopic (exact) mass is 1570 g/mol. The number of aromatic amines is 1. The average Bonchev–Trinajstić information content (AvgIpc) is 1.66. The molecule has 560 valence electrons. The number of nitrogens with one attached hydrogen (secondary N) is 1. The van der Waals surface area contributed by atoms with Crippen molar-refractivity contribution in [2.75, 3.05) is 14.2 Å². The Morgan fingerprint density at radius 3 is 1.23 bits per heavy atom. The fraction of sp³-hybridized carbons (Fsp3) is 0.138. The number of rotatable bonds is 20. The second kappa shape index (κ2) is 35.3. The lowest BCUT2D eigenvalue weighted by Crippen LogP contribution is -2.01. The largest absolute Gasteiger partial charge is 0.478 e. The first-order valence-corrected chi connectivity index (χ1v) is 34.9. The number of aliphatic carboxylic acids is 1. The van der Waals surface area contributed by atoms with Crippen LogP contribution in [-0.2, 0) is 42.3 Å². The first-order valence-electron chi connectivity index (χ1n) is 33.8. The van der Waals surface area contributed by atoms with Crippen LogP contribution in [0.3, 0.4) is 0 Å². The van der Waals surface area contributed by atoms with Crippen molar-refractivity contribution in [1.82, 2.24) is 88.5 Å². The van der Waals surface area contributed by atoms with Gasteiger partial charge in [0.25, 0.3) is 19.3 Å². The summed E-state index contributed by atoms with van der Waals surface area (Å²) < 4.78 is 94.7. The zero-order valence-electron chi connectivity index (χ0n) is 59.6. The fourth-order valence-electron chi connectivity index (χ4n) is 11.8. The topological polar surface area (TPSA) is 283 Å². The van der Waals surface area contributed by atoms with E-state index in [0.29, 0.717) is 84.4 Å². The maximum Gasteiger partial charge on any atom is 0.330 e. The molecule has 15 aromatic rings. The predicted octanol–water partition coefficient (Wildman–Crippen LogP) is 16.4. The van der Waals surface area contributed by atoms with Crippen LogP contribution in [0.4, 0.5) is 26.3 Å². The Morgan fingerprint density at radius 2 is 0.838 bits per heavy atom. The molecule has 12 aromatic heterocycles. The first-order chi connectivity index (χ1) is 53.7. The van der Waals surface area contributed by atoms with Crippen LogP contribution < -0.4 is 0 Å². The number of esters is 2. The van der Waals surface area contributed by atoms with Gasteiger partial charge in [-0.1, -0.05) is 88.7 Å². The van der Waals surface area contributed by atoms with Gasteiger partial charge in [-0.15, -0.1) is 0 Å². The number of carboxylic acids is 1. The van der Waals surface area contributed by atoms with Gasteiger partial charge in [0.1, 0.15) is 30.4 Å². The number of carbonyl (C=O) groups is 3. The van der Waals surface area contributed by atoms with Crippen LogP contribution in [0.25, 0.3) is 103 Å². The molecule has 0 atom stereocenters. The van der Waals surface area contributed by atoms with E-state index >= 15 is 0 Å². The van der Waals surface area contributed by atoms with Crippen LogP contribution in [0, 0.1) is 20.8 Å². The minimum Gasteiger partial charge on any atom is -0.478 e. The number of alkyl halides is 7. The number of carbonyl (C=O) groups excluding carboxylic acids is 2. The molecule has 31 heteroatoms. The molecule has 15 rings (SSSR count). The van der Waals surface area contributed by atoms with Crippen LogP contribution in [0.15, 0.2) is 220 Å². The predicted molar refractivity (Wildman–Crippen MR) is 407 cm³/mol. The Hall–Kier alpha value is -13.7. The molecule has 0 radical (unpaired) electrons. The number of hydrogen-bond acceptors (Lipinski definition) is 17. The minimum atomic E-state index is -2.57. The van der Waals surface area contributed by atoms with Crippen molar-refractivity contribution in [2.24, 2.45) is 0 Å². The van der Waals surface area contributed by atoms with E-state index in [4.69, 9.17) is 19.7 Å². The summed E-state index contributed by atoms with van der Waals surface area (Å²) >= 11 is 3.20. The second-order valence-electron chi connectivity index (χ2n) is 24.5. The fourth-order valence-corrected chi connectivity index (χ4v) is 12.2. The van der Waals surface area contributed by atoms with E-state index in [0.717, 1.165) is 62.4 Å². The Labute approximate surface area is 637 Å². The van der Waals surface area contributed by atoms with Gasteiger partial charge in [0, 0.05) is 103 Å². The molecule has 111 heavy (non-hydrogen) atoms. The van der Waals surface area contributed by atoms with Crippen molar-refractivity contribution in [1.29, 1.82) is 0 Å². The van der Waals surface area contributed by atoms with Crippen LogP contribution >= 0.6 is 15.9 Å². The van der Waals surface area contributed by atoms with E-state index < -0.39 is 37.2 Å². The number of aromatic nitrogens is 18. The molecule has 12 heterocycles. The van der Waals surface area contributed by atoms with E-state index in [1.165, 1.54) is 87.8 Å². The quantitative estimate of drug-likeness (QED) is 0.0310. The summed E-state index contributed by atoms with van der Waals surface area (Å²) in [6.45, 7) is 6.23. The lowest BCUT2D eigenvalue weighted by molar-refractivity contribution is -0.135. The molecule has 0 spiro atoms. The van der Waals surface area contributed by atoms with Crippen molar-refractivity contribution >= 4 is 69.0 Å². The van der Waals surface area contributed by atoms with Gasteiger partial charge in [0.15, 0.2) is 16.9 Å². The van der Waals surface area contributed by atoms with E-state index in [1.807, 2.05) is 112 Å². The van der Waals surface area contributed by atoms with Crippen molar-refractivity contribution < 1.29 is 55.3 Å². The maximum absolute atomic E-state index is 13.3. The smallest absolute Gasteiger partial charge is 0.330 e. The maximum atomic E-state index is 13.3. The highest BCUT2D eigenvalue weighted by Gasteiger charge is 2.24. The van der Waals surface area contributed by atoms with Crippen molar-refractivity contribution in [3.8, 4) is 67.5 Å². The Bertz CT molecular complexity index is 5940. The number of aryl methyl sites for hydroxylation is 3. The molecule has 24 nitrogen and oxygen atoms in total. The molecule has 2 N–H and O–H groups in total. The Kier molecular flexibility index (Phi) is 24.5. The van der Waals surface area contributed by atoms with Crippen molar-refractivity contribution in [2.45, 2.75) is 58.5 Å². The van der Waals surface area contributed by atoms with Gasteiger partial charge in [-0.2, -0.15) is 30.6 Å². The van der Waals surface area contributed by atoms with Crippen LogP contribution in [0.5, 0.6) is 0 Å². The normalized spacial score (nSPS) is 11.5. The van der Waals surface area contributed by atoms with Crippen LogP contribution in [0.2, 0.25) is 0 Å². The highest BCUT2D eigenvalue weighted by molar-refractivity contribution is 9.08. The van der Waals surface area contributed by atoms with Gasteiger partial charge < -0.3 is 14.6 Å². The summed E-state index contributed by atoms with van der Waals surface area (Å²) in [6.07, 6.45) is 10.6. The molecule has 0 aliphatic rings. The summed E-state index contributed by atoms with van der Waals surface area (Å²) in [5.41, 5.74) is 16.8. The van der Waals surface area contributed by atoms with Crippen molar-refractivity contribution in [3.05, 3.63) is 287 Å². The number of methoxy groups -OCH3 is 2. The summed E-state index contributed by atoms with van der Waals surface area (Å²) in [7, 11) is 2.64. The number of nitrogens with zero attached hydrogens (tertiary/aromatic N) is 17. The number of pyridine rings is 6. The highest BCUT2D eigenvalue weighted by atomic mass is 79.9.